The smallest absolute Gasteiger partial charge is 0.311 e. The van der Waals surface area contributed by atoms with Gasteiger partial charge in [0, 0.05) is 19.0 Å². The molecule has 1 aromatic carbocycles. The van der Waals surface area contributed by atoms with Crippen LogP contribution in [0.4, 0.5) is 9.52 Å². The number of methoxy groups -OCH3 is 1. The number of nitrogens with zero attached hydrogens (tertiary/aromatic N) is 2. The normalized spacial score (nSPS) is 10.3. The molecule has 106 valence electrons. The van der Waals surface area contributed by atoms with Gasteiger partial charge in [0.2, 0.25) is 0 Å². The van der Waals surface area contributed by atoms with Crippen LogP contribution in [0.15, 0.2) is 29.6 Å². The molecule has 0 radical (unpaired) electrons. The molecule has 0 aliphatic heterocycles. The van der Waals surface area contributed by atoms with Gasteiger partial charge in [0.05, 0.1) is 19.2 Å². The molecule has 0 spiro atoms. The number of carbonyl (C=O) groups excluding carboxylic acids is 1. The minimum absolute atomic E-state index is 0.167. The van der Waals surface area contributed by atoms with E-state index in [2.05, 4.69) is 9.72 Å². The molecule has 0 aliphatic rings. The average Bonchev–Trinajstić information content (AvgIpc) is 2.87. The molecule has 4 nitrogen and oxygen atoms in total. The minimum Gasteiger partial charge on any atom is -0.469 e. The lowest BCUT2D eigenvalue weighted by Crippen LogP contribution is -2.16. The van der Waals surface area contributed by atoms with E-state index in [0.717, 1.165) is 10.7 Å². The van der Waals surface area contributed by atoms with Crippen LogP contribution in [-0.4, -0.2) is 25.1 Å². The summed E-state index contributed by atoms with van der Waals surface area (Å²) in [6.07, 6.45) is 0.167. The maximum absolute atomic E-state index is 13.1. The summed E-state index contributed by atoms with van der Waals surface area (Å²) in [6.45, 7) is 0.558. The molecule has 1 aromatic heterocycles. The predicted molar refractivity (Wildman–Crippen MR) is 76.3 cm³/mol. The van der Waals surface area contributed by atoms with Crippen molar-refractivity contribution in [3.63, 3.8) is 0 Å². The quantitative estimate of drug-likeness (QED) is 0.795. The number of thiazole rings is 1. The summed E-state index contributed by atoms with van der Waals surface area (Å²) in [5.74, 6) is -0.559. The number of rotatable bonds is 5. The highest BCUT2D eigenvalue weighted by Gasteiger charge is 2.11. The molecular weight excluding hydrogens is 279 g/mol. The zero-order chi connectivity index (χ0) is 14.5. The van der Waals surface area contributed by atoms with Gasteiger partial charge in [-0.1, -0.05) is 12.1 Å². The molecule has 0 N–H and O–H groups in total. The molecule has 0 unspecified atom stereocenters. The van der Waals surface area contributed by atoms with Crippen LogP contribution in [0.25, 0.3) is 0 Å². The van der Waals surface area contributed by atoms with Crippen LogP contribution in [0.2, 0.25) is 0 Å². The molecule has 6 heteroatoms. The van der Waals surface area contributed by atoms with Gasteiger partial charge in [-0.25, -0.2) is 9.37 Å². The number of hydrogen-bond acceptors (Lipinski definition) is 5. The number of aromatic nitrogens is 1. The first-order chi connectivity index (χ1) is 9.58. The SMILES string of the molecule is COC(=O)Cc1csc(N(C)Cc2cccc(F)c2)n1. The molecule has 0 saturated carbocycles. The fourth-order valence-corrected chi connectivity index (χ4v) is 2.54. The van der Waals surface area contributed by atoms with Crippen LogP contribution in [0.3, 0.4) is 0 Å². The van der Waals surface area contributed by atoms with Crippen LogP contribution in [-0.2, 0) is 22.5 Å². The molecule has 0 fully saturated rings. The van der Waals surface area contributed by atoms with Gasteiger partial charge in [0.1, 0.15) is 5.82 Å². The van der Waals surface area contributed by atoms with Gasteiger partial charge in [-0.15, -0.1) is 11.3 Å². The van der Waals surface area contributed by atoms with Gasteiger partial charge in [-0.3, -0.25) is 4.79 Å². The van der Waals surface area contributed by atoms with Crippen LogP contribution in [0.5, 0.6) is 0 Å². The van der Waals surface area contributed by atoms with Gasteiger partial charge in [0.15, 0.2) is 5.13 Å². The average molecular weight is 294 g/mol. The second-order valence-electron chi connectivity index (χ2n) is 4.36. The zero-order valence-electron chi connectivity index (χ0n) is 11.3. The second kappa shape index (κ2) is 6.47. The van der Waals surface area contributed by atoms with E-state index in [1.54, 1.807) is 6.07 Å². The highest BCUT2D eigenvalue weighted by molar-refractivity contribution is 7.13. The van der Waals surface area contributed by atoms with E-state index in [4.69, 9.17) is 0 Å². The van der Waals surface area contributed by atoms with E-state index < -0.39 is 0 Å². The first-order valence-electron chi connectivity index (χ1n) is 6.05. The Morgan fingerprint density at radius 1 is 1.50 bits per heavy atom. The van der Waals surface area contributed by atoms with Crippen molar-refractivity contribution in [1.82, 2.24) is 4.98 Å². The van der Waals surface area contributed by atoms with E-state index in [1.165, 1.54) is 30.6 Å². The van der Waals surface area contributed by atoms with Gasteiger partial charge < -0.3 is 9.64 Å². The Morgan fingerprint density at radius 2 is 2.30 bits per heavy atom. The van der Waals surface area contributed by atoms with Crippen molar-refractivity contribution < 1.29 is 13.9 Å². The summed E-state index contributed by atoms with van der Waals surface area (Å²) in [6, 6.07) is 6.46. The highest BCUT2D eigenvalue weighted by Crippen LogP contribution is 2.21. The molecule has 0 atom stereocenters. The number of hydrogen-bond donors (Lipinski definition) is 0. The minimum atomic E-state index is -0.311. The van der Waals surface area contributed by atoms with Gasteiger partial charge in [0.25, 0.3) is 0 Å². The summed E-state index contributed by atoms with van der Waals surface area (Å²) in [5.41, 5.74) is 1.56. The third-order valence-electron chi connectivity index (χ3n) is 2.73. The maximum Gasteiger partial charge on any atom is 0.311 e. The highest BCUT2D eigenvalue weighted by atomic mass is 32.1. The van der Waals surface area contributed by atoms with Crippen molar-refractivity contribution in [2.24, 2.45) is 0 Å². The lowest BCUT2D eigenvalue weighted by Gasteiger charge is -2.15. The first-order valence-corrected chi connectivity index (χ1v) is 6.93. The Hall–Kier alpha value is -1.95. The maximum atomic E-state index is 13.1. The number of benzene rings is 1. The molecular formula is C14H15FN2O2S. The zero-order valence-corrected chi connectivity index (χ0v) is 12.1. The second-order valence-corrected chi connectivity index (χ2v) is 5.20. The molecule has 0 saturated heterocycles. The Morgan fingerprint density at radius 3 is 3.00 bits per heavy atom. The van der Waals surface area contributed by atoms with E-state index in [1.807, 2.05) is 23.4 Å². The summed E-state index contributed by atoms with van der Waals surface area (Å²) in [4.78, 5) is 17.5. The number of halogens is 1. The Kier molecular flexibility index (Phi) is 4.68. The van der Waals surface area contributed by atoms with E-state index in [0.29, 0.717) is 12.2 Å². The van der Waals surface area contributed by atoms with E-state index in [9.17, 15) is 9.18 Å². The summed E-state index contributed by atoms with van der Waals surface area (Å²) in [5, 5.41) is 2.61. The van der Waals surface area contributed by atoms with Gasteiger partial charge in [-0.05, 0) is 17.7 Å². The van der Waals surface area contributed by atoms with Crippen LogP contribution in [0, 0.1) is 5.82 Å². The monoisotopic (exact) mass is 294 g/mol. The fraction of sp³-hybridized carbons (Fsp3) is 0.286. The number of ether oxygens (including phenoxy) is 1. The first kappa shape index (κ1) is 14.5. The summed E-state index contributed by atoms with van der Waals surface area (Å²) >= 11 is 1.45. The van der Waals surface area contributed by atoms with Crippen molar-refractivity contribution in [2.45, 2.75) is 13.0 Å². The number of esters is 1. The largest absolute Gasteiger partial charge is 0.469 e. The molecule has 0 amide bonds. The van der Waals surface area contributed by atoms with Crippen molar-refractivity contribution in [2.75, 3.05) is 19.1 Å². The Labute approximate surface area is 120 Å². The van der Waals surface area contributed by atoms with Crippen molar-refractivity contribution >= 4 is 22.4 Å². The van der Waals surface area contributed by atoms with Crippen molar-refractivity contribution in [3.8, 4) is 0 Å². The Balaban J connectivity index is 2.02. The molecule has 2 aromatic rings. The van der Waals surface area contributed by atoms with E-state index >= 15 is 0 Å². The van der Waals surface area contributed by atoms with E-state index in [-0.39, 0.29) is 18.2 Å². The van der Waals surface area contributed by atoms with Gasteiger partial charge in [-0.2, -0.15) is 0 Å². The fourth-order valence-electron chi connectivity index (χ4n) is 1.75. The third kappa shape index (κ3) is 3.77. The number of carbonyl (C=O) groups is 1. The van der Waals surface area contributed by atoms with Crippen LogP contribution < -0.4 is 4.90 Å². The van der Waals surface area contributed by atoms with Crippen LogP contribution >= 0.6 is 11.3 Å². The molecule has 0 aliphatic carbocycles. The lowest BCUT2D eigenvalue weighted by atomic mass is 10.2. The topological polar surface area (TPSA) is 42.4 Å². The standard InChI is InChI=1S/C14H15FN2O2S/c1-17(8-10-4-3-5-11(15)6-10)14-16-12(9-20-14)7-13(18)19-2/h3-6,9H,7-8H2,1-2H3. The molecule has 1 heterocycles. The lowest BCUT2D eigenvalue weighted by molar-refractivity contribution is -0.139. The Bertz CT molecular complexity index is 600. The molecule has 20 heavy (non-hydrogen) atoms. The summed E-state index contributed by atoms with van der Waals surface area (Å²) < 4.78 is 17.7. The number of anilines is 1. The van der Waals surface area contributed by atoms with Crippen molar-refractivity contribution in [1.29, 1.82) is 0 Å². The summed E-state index contributed by atoms with van der Waals surface area (Å²) in [7, 11) is 3.23. The molecule has 2 rings (SSSR count). The predicted octanol–water partition coefficient (Wildman–Crippen LogP) is 2.63. The van der Waals surface area contributed by atoms with Gasteiger partial charge >= 0.3 is 5.97 Å². The third-order valence-corrected chi connectivity index (χ3v) is 3.73. The van der Waals surface area contributed by atoms with Crippen LogP contribution in [0.1, 0.15) is 11.3 Å². The van der Waals surface area contributed by atoms with Crippen molar-refractivity contribution in [3.05, 3.63) is 46.7 Å². The molecule has 0 bridgehead atoms.